The quantitative estimate of drug-likeness (QED) is 0.737. The van der Waals surface area contributed by atoms with Crippen LogP contribution in [0.2, 0.25) is 0 Å². The van der Waals surface area contributed by atoms with Gasteiger partial charge in [0.1, 0.15) is 6.04 Å². The van der Waals surface area contributed by atoms with Crippen LogP contribution in [0.3, 0.4) is 0 Å². The number of carbonyl (C=O) groups is 1. The maximum absolute atomic E-state index is 11.6. The third kappa shape index (κ3) is 3.06. The minimum Gasteiger partial charge on any atom is -0.468 e. The lowest BCUT2D eigenvalue weighted by molar-refractivity contribution is -0.143. The molecule has 1 heterocycles. The van der Waals surface area contributed by atoms with Crippen molar-refractivity contribution in [3.63, 3.8) is 0 Å². The van der Waals surface area contributed by atoms with Crippen molar-refractivity contribution in [3.8, 4) is 0 Å². The van der Waals surface area contributed by atoms with Crippen molar-refractivity contribution < 1.29 is 9.53 Å². The molecule has 0 fully saturated rings. The molecule has 0 saturated carbocycles. The molecule has 16 heavy (non-hydrogen) atoms. The molecule has 1 rings (SSSR count). The topological polar surface area (TPSA) is 56.1 Å². The molecule has 1 aromatic heterocycles. The molecule has 90 valence electrons. The van der Waals surface area contributed by atoms with Crippen molar-refractivity contribution in [3.05, 3.63) is 18.0 Å². The number of nitrogens with one attached hydrogen (secondary N) is 1. The van der Waals surface area contributed by atoms with Gasteiger partial charge in [0.15, 0.2) is 0 Å². The van der Waals surface area contributed by atoms with Gasteiger partial charge in [-0.3, -0.25) is 4.68 Å². The Morgan fingerprint density at radius 1 is 1.62 bits per heavy atom. The maximum Gasteiger partial charge on any atom is 0.327 e. The highest BCUT2D eigenvalue weighted by Crippen LogP contribution is 2.13. The minimum absolute atomic E-state index is 0.274. The van der Waals surface area contributed by atoms with Gasteiger partial charge in [-0.25, -0.2) is 4.79 Å². The van der Waals surface area contributed by atoms with Crippen LogP contribution in [-0.2, 0) is 16.1 Å². The zero-order chi connectivity index (χ0) is 12.0. The zero-order valence-corrected chi connectivity index (χ0v) is 10.1. The van der Waals surface area contributed by atoms with Gasteiger partial charge >= 0.3 is 5.97 Å². The van der Waals surface area contributed by atoms with Gasteiger partial charge in [-0.1, -0.05) is 6.92 Å². The summed E-state index contributed by atoms with van der Waals surface area (Å²) in [5.74, 6) is -0.274. The Bertz CT molecular complexity index is 336. The number of aromatic nitrogens is 2. The molecule has 0 aliphatic heterocycles. The summed E-state index contributed by atoms with van der Waals surface area (Å²) in [4.78, 5) is 11.6. The summed E-state index contributed by atoms with van der Waals surface area (Å²) in [6, 6.07) is -0.412. The predicted molar refractivity (Wildman–Crippen MR) is 61.0 cm³/mol. The van der Waals surface area contributed by atoms with Crippen molar-refractivity contribution in [1.82, 2.24) is 15.1 Å². The molecule has 0 amide bonds. The van der Waals surface area contributed by atoms with Gasteiger partial charge in [0, 0.05) is 18.3 Å². The standard InChI is InChI=1S/C11H19N3O2/c1-4-6-12-10(11(15)16-3)9-7-13-14(5-2)8-9/h7-8,10,12H,4-6H2,1-3H3. The van der Waals surface area contributed by atoms with Crippen LogP contribution in [0.4, 0.5) is 0 Å². The van der Waals surface area contributed by atoms with E-state index < -0.39 is 6.04 Å². The number of methoxy groups -OCH3 is 1. The number of carbonyl (C=O) groups excluding carboxylic acids is 1. The average Bonchev–Trinajstić information content (AvgIpc) is 2.77. The lowest BCUT2D eigenvalue weighted by atomic mass is 10.1. The second-order valence-electron chi connectivity index (χ2n) is 3.54. The monoisotopic (exact) mass is 225 g/mol. The first-order valence-electron chi connectivity index (χ1n) is 5.56. The van der Waals surface area contributed by atoms with E-state index in [9.17, 15) is 4.79 Å². The summed E-state index contributed by atoms with van der Waals surface area (Å²) in [5.41, 5.74) is 0.849. The van der Waals surface area contributed by atoms with Crippen molar-refractivity contribution in [2.45, 2.75) is 32.9 Å². The molecule has 1 unspecified atom stereocenters. The highest BCUT2D eigenvalue weighted by Gasteiger charge is 2.21. The zero-order valence-electron chi connectivity index (χ0n) is 10.1. The van der Waals surface area contributed by atoms with Crippen LogP contribution in [0, 0.1) is 0 Å². The molecule has 0 radical (unpaired) electrons. The van der Waals surface area contributed by atoms with Gasteiger partial charge in [0.2, 0.25) is 0 Å². The minimum atomic E-state index is -0.412. The molecule has 0 spiro atoms. The van der Waals surface area contributed by atoms with Gasteiger partial charge in [0.05, 0.1) is 13.3 Å². The van der Waals surface area contributed by atoms with Crippen molar-refractivity contribution in [1.29, 1.82) is 0 Å². The lowest BCUT2D eigenvalue weighted by Crippen LogP contribution is -2.29. The molecule has 0 aromatic carbocycles. The molecule has 1 aromatic rings. The van der Waals surface area contributed by atoms with Gasteiger partial charge < -0.3 is 10.1 Å². The number of aryl methyl sites for hydroxylation is 1. The van der Waals surface area contributed by atoms with Crippen LogP contribution in [0.15, 0.2) is 12.4 Å². The second-order valence-corrected chi connectivity index (χ2v) is 3.54. The Kier molecular flexibility index (Phi) is 4.98. The lowest BCUT2D eigenvalue weighted by Gasteiger charge is -2.14. The van der Waals surface area contributed by atoms with Crippen molar-refractivity contribution in [2.24, 2.45) is 0 Å². The van der Waals surface area contributed by atoms with Crippen LogP contribution >= 0.6 is 0 Å². The van der Waals surface area contributed by atoms with Crippen molar-refractivity contribution >= 4 is 5.97 Å². The fourth-order valence-electron chi connectivity index (χ4n) is 1.45. The SMILES string of the molecule is CCCNC(C(=O)OC)c1cnn(CC)c1. The van der Waals surface area contributed by atoms with Gasteiger partial charge in [-0.2, -0.15) is 5.10 Å². The molecule has 5 nitrogen and oxygen atoms in total. The van der Waals surface area contributed by atoms with E-state index in [1.807, 2.05) is 13.1 Å². The van der Waals surface area contributed by atoms with Crippen LogP contribution in [-0.4, -0.2) is 29.4 Å². The fraction of sp³-hybridized carbons (Fsp3) is 0.636. The first-order valence-corrected chi connectivity index (χ1v) is 5.56. The molecule has 0 bridgehead atoms. The van der Waals surface area contributed by atoms with Crippen LogP contribution in [0.25, 0.3) is 0 Å². The van der Waals surface area contributed by atoms with E-state index in [4.69, 9.17) is 4.74 Å². The van der Waals surface area contributed by atoms with Gasteiger partial charge in [0.25, 0.3) is 0 Å². The number of hydrogen-bond acceptors (Lipinski definition) is 4. The van der Waals surface area contributed by atoms with E-state index >= 15 is 0 Å². The molecule has 5 heteroatoms. The second kappa shape index (κ2) is 6.27. The highest BCUT2D eigenvalue weighted by molar-refractivity contribution is 5.77. The highest BCUT2D eigenvalue weighted by atomic mass is 16.5. The third-order valence-corrected chi connectivity index (χ3v) is 2.35. The normalized spacial score (nSPS) is 12.4. The Morgan fingerprint density at radius 3 is 2.88 bits per heavy atom. The summed E-state index contributed by atoms with van der Waals surface area (Å²) >= 11 is 0. The predicted octanol–water partition coefficient (Wildman–Crippen LogP) is 1.12. The Balaban J connectivity index is 2.78. The largest absolute Gasteiger partial charge is 0.468 e. The molecule has 1 N–H and O–H groups in total. The van der Waals surface area contributed by atoms with Crippen molar-refractivity contribution in [2.75, 3.05) is 13.7 Å². The first-order chi connectivity index (χ1) is 7.72. The van der Waals surface area contributed by atoms with Crippen LogP contribution in [0.1, 0.15) is 31.9 Å². The Hall–Kier alpha value is -1.36. The maximum atomic E-state index is 11.6. The van der Waals surface area contributed by atoms with Crippen LogP contribution in [0.5, 0.6) is 0 Å². The molecule has 0 aliphatic carbocycles. The van der Waals surface area contributed by atoms with E-state index in [1.54, 1.807) is 10.9 Å². The number of ether oxygens (including phenoxy) is 1. The summed E-state index contributed by atoms with van der Waals surface area (Å²) in [7, 11) is 1.40. The fourth-order valence-corrected chi connectivity index (χ4v) is 1.45. The number of nitrogens with zero attached hydrogens (tertiary/aromatic N) is 2. The van der Waals surface area contributed by atoms with E-state index in [-0.39, 0.29) is 5.97 Å². The molecule has 0 saturated heterocycles. The number of rotatable bonds is 6. The van der Waals surface area contributed by atoms with E-state index in [1.165, 1.54) is 7.11 Å². The summed E-state index contributed by atoms with van der Waals surface area (Å²) < 4.78 is 6.56. The molecular weight excluding hydrogens is 206 g/mol. The average molecular weight is 225 g/mol. The Morgan fingerprint density at radius 2 is 2.38 bits per heavy atom. The third-order valence-electron chi connectivity index (χ3n) is 2.35. The summed E-state index contributed by atoms with van der Waals surface area (Å²) in [6.45, 7) is 5.62. The Labute approximate surface area is 95.8 Å². The van der Waals surface area contributed by atoms with E-state index in [2.05, 4.69) is 17.3 Å². The molecule has 0 aliphatic rings. The van der Waals surface area contributed by atoms with Crippen LogP contribution < -0.4 is 5.32 Å². The first kappa shape index (κ1) is 12.7. The molecular formula is C11H19N3O2. The van der Waals surface area contributed by atoms with E-state index in [0.29, 0.717) is 0 Å². The smallest absolute Gasteiger partial charge is 0.327 e. The summed E-state index contributed by atoms with van der Waals surface area (Å²) in [6.07, 6.45) is 4.54. The number of esters is 1. The number of hydrogen-bond donors (Lipinski definition) is 1. The molecule has 1 atom stereocenters. The summed E-state index contributed by atoms with van der Waals surface area (Å²) in [5, 5.41) is 7.30. The van der Waals surface area contributed by atoms with Gasteiger partial charge in [-0.05, 0) is 19.9 Å². The van der Waals surface area contributed by atoms with E-state index in [0.717, 1.165) is 25.1 Å². The van der Waals surface area contributed by atoms with Gasteiger partial charge in [-0.15, -0.1) is 0 Å².